The zero-order valence-electron chi connectivity index (χ0n) is 17.2. The maximum absolute atomic E-state index is 12.6. The van der Waals surface area contributed by atoms with E-state index in [-0.39, 0.29) is 29.8 Å². The van der Waals surface area contributed by atoms with Crippen molar-refractivity contribution in [3.05, 3.63) is 46.8 Å². The van der Waals surface area contributed by atoms with Crippen LogP contribution in [0, 0.1) is 13.8 Å². The van der Waals surface area contributed by atoms with Crippen LogP contribution >= 0.6 is 0 Å². The molecule has 0 spiro atoms. The lowest BCUT2D eigenvalue weighted by molar-refractivity contribution is -0.124. The first-order chi connectivity index (χ1) is 14.2. The van der Waals surface area contributed by atoms with E-state index in [1.54, 1.807) is 52.0 Å². The van der Waals surface area contributed by atoms with Gasteiger partial charge in [-0.1, -0.05) is 12.1 Å². The Hall–Kier alpha value is -3.62. The molecule has 9 heteroatoms. The Morgan fingerprint density at radius 2 is 1.83 bits per heavy atom. The van der Waals surface area contributed by atoms with Gasteiger partial charge in [-0.25, -0.2) is 9.59 Å². The fourth-order valence-electron chi connectivity index (χ4n) is 3.27. The molecule has 2 N–H and O–H groups in total. The van der Waals surface area contributed by atoms with E-state index in [1.807, 2.05) is 0 Å². The van der Waals surface area contributed by atoms with Gasteiger partial charge in [0.15, 0.2) is 6.61 Å². The van der Waals surface area contributed by atoms with Gasteiger partial charge in [0.2, 0.25) is 5.91 Å². The molecule has 2 aromatic rings. The number of aromatic amines is 1. The van der Waals surface area contributed by atoms with Gasteiger partial charge < -0.3 is 19.8 Å². The van der Waals surface area contributed by atoms with E-state index in [1.165, 1.54) is 4.90 Å². The number of fused-ring (bicyclic) bond motifs is 1. The van der Waals surface area contributed by atoms with Gasteiger partial charge in [-0.15, -0.1) is 0 Å². The summed E-state index contributed by atoms with van der Waals surface area (Å²) in [6, 6.07) is 6.86. The zero-order valence-corrected chi connectivity index (χ0v) is 17.2. The highest BCUT2D eigenvalue weighted by atomic mass is 16.5. The lowest BCUT2D eigenvalue weighted by Gasteiger charge is -2.28. The summed E-state index contributed by atoms with van der Waals surface area (Å²) in [6.07, 6.45) is -0.302. The number of aryl methyl sites for hydroxylation is 1. The van der Waals surface area contributed by atoms with Crippen molar-refractivity contribution in [1.82, 2.24) is 4.98 Å². The minimum Gasteiger partial charge on any atom is -0.459 e. The molecular weight excluding hydrogens is 390 g/mol. The average molecular weight is 413 g/mol. The molecule has 2 amide bonds. The maximum atomic E-state index is 12.6. The van der Waals surface area contributed by atoms with E-state index in [2.05, 4.69) is 10.3 Å². The molecule has 0 fully saturated rings. The van der Waals surface area contributed by atoms with Crippen LogP contribution in [0.15, 0.2) is 24.3 Å². The van der Waals surface area contributed by atoms with Gasteiger partial charge in [-0.05, 0) is 45.4 Å². The van der Waals surface area contributed by atoms with Crippen molar-refractivity contribution in [3.63, 3.8) is 0 Å². The number of hydrogen-bond donors (Lipinski definition) is 2. The molecule has 1 aliphatic rings. The Labute approximate surface area is 173 Å². The summed E-state index contributed by atoms with van der Waals surface area (Å²) >= 11 is 0. The van der Waals surface area contributed by atoms with Crippen LogP contribution in [0.3, 0.4) is 0 Å². The SMILES string of the molecule is Cc1[nH]c(C(=O)OCC(=O)N2CC(=O)Nc3ccccc32)c(C)c1C(=O)OC(C)C. The predicted octanol–water partition coefficient (Wildman–Crippen LogP) is 2.34. The highest BCUT2D eigenvalue weighted by molar-refractivity contribution is 6.10. The summed E-state index contributed by atoms with van der Waals surface area (Å²) in [7, 11) is 0. The highest BCUT2D eigenvalue weighted by Crippen LogP contribution is 2.29. The molecule has 1 aromatic carbocycles. The first-order valence-electron chi connectivity index (χ1n) is 9.45. The van der Waals surface area contributed by atoms with Crippen LogP contribution < -0.4 is 10.2 Å². The highest BCUT2D eigenvalue weighted by Gasteiger charge is 2.29. The van der Waals surface area contributed by atoms with Crippen LogP contribution in [-0.2, 0) is 19.1 Å². The van der Waals surface area contributed by atoms with Crippen LogP contribution in [0.25, 0.3) is 0 Å². The fourth-order valence-corrected chi connectivity index (χ4v) is 3.27. The number of nitrogens with one attached hydrogen (secondary N) is 2. The molecule has 9 nitrogen and oxygen atoms in total. The summed E-state index contributed by atoms with van der Waals surface area (Å²) in [4.78, 5) is 53.3. The van der Waals surface area contributed by atoms with E-state index in [4.69, 9.17) is 9.47 Å². The third-order valence-corrected chi connectivity index (χ3v) is 4.59. The minimum atomic E-state index is -0.776. The minimum absolute atomic E-state index is 0.0767. The third kappa shape index (κ3) is 4.19. The number of carbonyl (C=O) groups is 4. The van der Waals surface area contributed by atoms with Gasteiger partial charge in [0.1, 0.15) is 12.2 Å². The molecule has 0 atom stereocenters. The second kappa shape index (κ2) is 8.40. The Balaban J connectivity index is 1.72. The van der Waals surface area contributed by atoms with Crippen LogP contribution in [-0.4, -0.2) is 48.0 Å². The number of carbonyl (C=O) groups excluding carboxylic acids is 4. The lowest BCUT2D eigenvalue weighted by Crippen LogP contribution is -2.44. The monoisotopic (exact) mass is 413 g/mol. The summed E-state index contributed by atoms with van der Waals surface area (Å²) in [5.41, 5.74) is 2.24. The Morgan fingerprint density at radius 1 is 1.13 bits per heavy atom. The largest absolute Gasteiger partial charge is 0.459 e. The Kier molecular flexibility index (Phi) is 5.91. The molecule has 0 bridgehead atoms. The fraction of sp³-hybridized carbons (Fsp3) is 0.333. The molecule has 0 unspecified atom stereocenters. The van der Waals surface area contributed by atoms with Gasteiger partial charge in [-0.2, -0.15) is 0 Å². The van der Waals surface area contributed by atoms with Crippen LogP contribution in [0.4, 0.5) is 11.4 Å². The normalized spacial score (nSPS) is 13.0. The molecule has 3 rings (SSSR count). The topological polar surface area (TPSA) is 118 Å². The van der Waals surface area contributed by atoms with Crippen molar-refractivity contribution in [3.8, 4) is 0 Å². The number of ether oxygens (including phenoxy) is 2. The number of para-hydroxylation sites is 2. The van der Waals surface area contributed by atoms with Crippen LogP contribution in [0.1, 0.15) is 46.0 Å². The molecule has 1 aliphatic heterocycles. The van der Waals surface area contributed by atoms with E-state index < -0.39 is 24.5 Å². The number of esters is 2. The van der Waals surface area contributed by atoms with Crippen molar-refractivity contribution in [1.29, 1.82) is 0 Å². The maximum Gasteiger partial charge on any atom is 0.355 e. The average Bonchev–Trinajstić information content (AvgIpc) is 2.98. The number of benzene rings is 1. The predicted molar refractivity (Wildman–Crippen MR) is 109 cm³/mol. The van der Waals surface area contributed by atoms with E-state index in [9.17, 15) is 19.2 Å². The molecule has 2 heterocycles. The van der Waals surface area contributed by atoms with E-state index in [0.29, 0.717) is 22.6 Å². The van der Waals surface area contributed by atoms with Gasteiger partial charge in [0.05, 0.1) is 23.0 Å². The smallest absolute Gasteiger partial charge is 0.355 e. The van der Waals surface area contributed by atoms with Crippen LogP contribution in [0.5, 0.6) is 0 Å². The standard InChI is InChI=1S/C21H23N3O6/c1-11(2)30-20(27)18-12(3)19(22-13(18)4)21(28)29-10-17(26)24-9-16(25)23-14-7-5-6-8-15(14)24/h5-8,11,22H,9-10H2,1-4H3,(H,23,25). The van der Waals surface area contributed by atoms with Crippen molar-refractivity contribution in [2.24, 2.45) is 0 Å². The Bertz CT molecular complexity index is 1020. The van der Waals surface area contributed by atoms with Gasteiger partial charge in [0, 0.05) is 5.69 Å². The number of nitrogens with zero attached hydrogens (tertiary/aromatic N) is 1. The third-order valence-electron chi connectivity index (χ3n) is 4.59. The number of H-pyrrole nitrogens is 1. The quantitative estimate of drug-likeness (QED) is 0.727. The van der Waals surface area contributed by atoms with Crippen molar-refractivity contribution >= 4 is 35.1 Å². The number of rotatable bonds is 5. The summed E-state index contributed by atoms with van der Waals surface area (Å²) < 4.78 is 10.4. The first kappa shape index (κ1) is 21.1. The number of hydrogen-bond acceptors (Lipinski definition) is 6. The van der Waals surface area contributed by atoms with Gasteiger partial charge in [-0.3, -0.25) is 14.5 Å². The molecule has 1 aromatic heterocycles. The zero-order chi connectivity index (χ0) is 22.0. The van der Waals surface area contributed by atoms with Crippen molar-refractivity contribution in [2.75, 3.05) is 23.4 Å². The number of amides is 2. The van der Waals surface area contributed by atoms with Crippen LogP contribution in [0.2, 0.25) is 0 Å². The molecule has 0 radical (unpaired) electrons. The molecule has 0 saturated heterocycles. The second-order valence-corrected chi connectivity index (χ2v) is 7.20. The molecule has 0 saturated carbocycles. The second-order valence-electron chi connectivity index (χ2n) is 7.20. The number of aromatic nitrogens is 1. The number of anilines is 2. The van der Waals surface area contributed by atoms with Crippen molar-refractivity contribution in [2.45, 2.75) is 33.8 Å². The first-order valence-corrected chi connectivity index (χ1v) is 9.45. The molecule has 0 aliphatic carbocycles. The molecule has 30 heavy (non-hydrogen) atoms. The summed E-state index contributed by atoms with van der Waals surface area (Å²) in [5, 5.41) is 2.69. The molecular formula is C21H23N3O6. The summed E-state index contributed by atoms with van der Waals surface area (Å²) in [5.74, 6) is -2.19. The summed E-state index contributed by atoms with van der Waals surface area (Å²) in [6.45, 7) is 5.99. The van der Waals surface area contributed by atoms with E-state index in [0.717, 1.165) is 0 Å². The lowest BCUT2D eigenvalue weighted by atomic mass is 10.1. The van der Waals surface area contributed by atoms with Gasteiger partial charge in [0.25, 0.3) is 5.91 Å². The molecule has 158 valence electrons. The van der Waals surface area contributed by atoms with E-state index >= 15 is 0 Å². The van der Waals surface area contributed by atoms with Crippen molar-refractivity contribution < 1.29 is 28.7 Å². The Morgan fingerprint density at radius 3 is 2.53 bits per heavy atom. The van der Waals surface area contributed by atoms with Gasteiger partial charge >= 0.3 is 11.9 Å².